The Morgan fingerprint density at radius 2 is 1.86 bits per heavy atom. The van der Waals surface area contributed by atoms with Crippen molar-refractivity contribution in [3.05, 3.63) is 30.1 Å². The lowest BCUT2D eigenvalue weighted by molar-refractivity contribution is 0.149. The summed E-state index contributed by atoms with van der Waals surface area (Å²) >= 11 is 1.55. The van der Waals surface area contributed by atoms with Crippen molar-refractivity contribution in [2.24, 2.45) is 5.92 Å². The van der Waals surface area contributed by atoms with E-state index in [-0.39, 0.29) is 17.8 Å². The maximum Gasteiger partial charge on any atom is 0.123 e. The van der Waals surface area contributed by atoms with Crippen molar-refractivity contribution >= 4 is 11.8 Å². The zero-order valence-corrected chi connectivity index (χ0v) is 9.22. The molecule has 1 aromatic rings. The Bertz CT molecular complexity index is 271. The molecule has 0 aromatic heterocycles. The van der Waals surface area contributed by atoms with E-state index in [0.717, 1.165) is 4.90 Å². The minimum atomic E-state index is -0.301. The maximum atomic E-state index is 12.6. The molecule has 0 saturated carbocycles. The minimum Gasteiger partial charge on any atom is -0.392 e. The molecular formula is C11H15FOS. The number of thioether (sulfide) groups is 1. The molecular weight excluding hydrogens is 199 g/mol. The van der Waals surface area contributed by atoms with Crippen molar-refractivity contribution < 1.29 is 9.50 Å². The van der Waals surface area contributed by atoms with Crippen LogP contribution in [0.5, 0.6) is 0 Å². The van der Waals surface area contributed by atoms with Gasteiger partial charge in [-0.2, -0.15) is 0 Å². The second kappa shape index (κ2) is 5.37. The molecule has 0 aliphatic heterocycles. The summed E-state index contributed by atoms with van der Waals surface area (Å²) in [6.07, 6.45) is -0.301. The van der Waals surface area contributed by atoms with Gasteiger partial charge in [0.1, 0.15) is 5.82 Å². The molecule has 1 unspecified atom stereocenters. The summed E-state index contributed by atoms with van der Waals surface area (Å²) in [5, 5.41) is 9.55. The molecule has 0 heterocycles. The van der Waals surface area contributed by atoms with Crippen LogP contribution in [0.25, 0.3) is 0 Å². The number of benzene rings is 1. The molecule has 0 radical (unpaired) electrons. The lowest BCUT2D eigenvalue weighted by Crippen LogP contribution is -2.17. The van der Waals surface area contributed by atoms with Crippen molar-refractivity contribution in [2.75, 3.05) is 5.75 Å². The summed E-state index contributed by atoms with van der Waals surface area (Å²) in [5.74, 6) is 0.699. The Hall–Kier alpha value is -0.540. The summed E-state index contributed by atoms with van der Waals surface area (Å²) in [4.78, 5) is 0.992. The van der Waals surface area contributed by atoms with E-state index in [4.69, 9.17) is 0 Å². The molecule has 1 N–H and O–H groups in total. The van der Waals surface area contributed by atoms with E-state index in [2.05, 4.69) is 0 Å². The van der Waals surface area contributed by atoms with E-state index in [1.54, 1.807) is 23.9 Å². The third-order valence-corrected chi connectivity index (χ3v) is 3.12. The molecule has 0 aliphatic rings. The molecule has 3 heteroatoms. The molecule has 1 atom stereocenters. The Balaban J connectivity index is 2.42. The van der Waals surface area contributed by atoms with E-state index in [9.17, 15) is 9.50 Å². The van der Waals surface area contributed by atoms with E-state index < -0.39 is 0 Å². The van der Waals surface area contributed by atoms with Gasteiger partial charge < -0.3 is 5.11 Å². The molecule has 1 nitrogen and oxygen atoms in total. The van der Waals surface area contributed by atoms with Crippen LogP contribution < -0.4 is 0 Å². The zero-order chi connectivity index (χ0) is 10.6. The molecule has 1 rings (SSSR count). The predicted molar refractivity (Wildman–Crippen MR) is 58.0 cm³/mol. The molecule has 14 heavy (non-hydrogen) atoms. The molecule has 0 bridgehead atoms. The van der Waals surface area contributed by atoms with Gasteiger partial charge >= 0.3 is 0 Å². The monoisotopic (exact) mass is 214 g/mol. The third-order valence-electron chi connectivity index (χ3n) is 2.00. The first-order valence-corrected chi connectivity index (χ1v) is 5.64. The Labute approximate surface area is 88.3 Å². The first-order chi connectivity index (χ1) is 6.59. The van der Waals surface area contributed by atoms with Gasteiger partial charge in [0, 0.05) is 10.6 Å². The molecule has 0 amide bonds. The van der Waals surface area contributed by atoms with Crippen LogP contribution >= 0.6 is 11.8 Å². The molecule has 0 spiro atoms. The second-order valence-electron chi connectivity index (χ2n) is 3.58. The normalized spacial score (nSPS) is 13.2. The predicted octanol–water partition coefficient (Wildman–Crippen LogP) is 2.93. The van der Waals surface area contributed by atoms with Crippen LogP contribution in [0.4, 0.5) is 4.39 Å². The number of halogens is 1. The number of aliphatic hydroxyl groups is 1. The van der Waals surface area contributed by atoms with Crippen molar-refractivity contribution in [3.8, 4) is 0 Å². The van der Waals surface area contributed by atoms with Gasteiger partial charge in [0.25, 0.3) is 0 Å². The number of hydrogen-bond donors (Lipinski definition) is 1. The smallest absolute Gasteiger partial charge is 0.123 e. The fraction of sp³-hybridized carbons (Fsp3) is 0.455. The van der Waals surface area contributed by atoms with Crippen LogP contribution in [0, 0.1) is 11.7 Å². The van der Waals surface area contributed by atoms with Gasteiger partial charge in [0.05, 0.1) is 6.10 Å². The van der Waals surface area contributed by atoms with E-state index in [1.165, 1.54) is 12.1 Å². The third kappa shape index (κ3) is 3.68. The number of rotatable bonds is 4. The van der Waals surface area contributed by atoms with E-state index in [1.807, 2.05) is 13.8 Å². The summed E-state index contributed by atoms with van der Waals surface area (Å²) in [6, 6.07) is 6.33. The van der Waals surface area contributed by atoms with Crippen molar-refractivity contribution in [1.82, 2.24) is 0 Å². The number of aliphatic hydroxyl groups excluding tert-OH is 1. The van der Waals surface area contributed by atoms with Gasteiger partial charge in [0.2, 0.25) is 0 Å². The summed E-state index contributed by atoms with van der Waals surface area (Å²) in [6.45, 7) is 3.96. The summed E-state index contributed by atoms with van der Waals surface area (Å²) in [7, 11) is 0. The average molecular weight is 214 g/mol. The molecule has 0 saturated heterocycles. The molecule has 0 fully saturated rings. The maximum absolute atomic E-state index is 12.6. The van der Waals surface area contributed by atoms with Gasteiger partial charge in [-0.15, -0.1) is 11.8 Å². The number of hydrogen-bond acceptors (Lipinski definition) is 2. The van der Waals surface area contributed by atoms with E-state index in [0.29, 0.717) is 5.75 Å². The van der Waals surface area contributed by atoms with Crippen LogP contribution in [0.3, 0.4) is 0 Å². The van der Waals surface area contributed by atoms with Gasteiger partial charge in [-0.05, 0) is 30.2 Å². The fourth-order valence-electron chi connectivity index (χ4n) is 0.905. The van der Waals surface area contributed by atoms with Gasteiger partial charge in [-0.1, -0.05) is 13.8 Å². The van der Waals surface area contributed by atoms with Crippen LogP contribution in [0.15, 0.2) is 29.2 Å². The quantitative estimate of drug-likeness (QED) is 0.778. The topological polar surface area (TPSA) is 20.2 Å². The fourth-order valence-corrected chi connectivity index (χ4v) is 1.98. The van der Waals surface area contributed by atoms with Gasteiger partial charge in [0.15, 0.2) is 0 Å². The largest absolute Gasteiger partial charge is 0.392 e. The Morgan fingerprint density at radius 1 is 1.29 bits per heavy atom. The van der Waals surface area contributed by atoms with Crippen LogP contribution in [0.1, 0.15) is 13.8 Å². The summed E-state index contributed by atoms with van der Waals surface area (Å²) in [5.41, 5.74) is 0. The first kappa shape index (κ1) is 11.5. The first-order valence-electron chi connectivity index (χ1n) is 4.66. The molecule has 78 valence electrons. The second-order valence-corrected chi connectivity index (χ2v) is 4.67. The lowest BCUT2D eigenvalue weighted by atomic mass is 10.1. The van der Waals surface area contributed by atoms with Crippen LogP contribution in [0.2, 0.25) is 0 Å². The van der Waals surface area contributed by atoms with E-state index >= 15 is 0 Å². The standard InChI is InChI=1S/C11H15FOS/c1-8(2)11(13)7-14-10-5-3-9(12)4-6-10/h3-6,8,11,13H,7H2,1-2H3. The molecule has 0 aliphatic carbocycles. The molecule has 1 aromatic carbocycles. The van der Waals surface area contributed by atoms with Gasteiger partial charge in [-0.25, -0.2) is 4.39 Å². The highest BCUT2D eigenvalue weighted by Crippen LogP contribution is 2.20. The highest BCUT2D eigenvalue weighted by molar-refractivity contribution is 7.99. The Kier molecular flexibility index (Phi) is 4.42. The lowest BCUT2D eigenvalue weighted by Gasteiger charge is -2.13. The highest BCUT2D eigenvalue weighted by atomic mass is 32.2. The highest BCUT2D eigenvalue weighted by Gasteiger charge is 2.09. The summed E-state index contributed by atoms with van der Waals surface area (Å²) < 4.78 is 12.6. The van der Waals surface area contributed by atoms with Gasteiger partial charge in [-0.3, -0.25) is 0 Å². The Morgan fingerprint density at radius 3 is 2.36 bits per heavy atom. The zero-order valence-electron chi connectivity index (χ0n) is 8.40. The minimum absolute atomic E-state index is 0.223. The van der Waals surface area contributed by atoms with Crippen molar-refractivity contribution in [2.45, 2.75) is 24.8 Å². The van der Waals surface area contributed by atoms with Crippen LogP contribution in [-0.2, 0) is 0 Å². The average Bonchev–Trinajstić information content (AvgIpc) is 2.16. The van der Waals surface area contributed by atoms with Crippen LogP contribution in [-0.4, -0.2) is 17.0 Å². The van der Waals surface area contributed by atoms with Crippen molar-refractivity contribution in [1.29, 1.82) is 0 Å². The van der Waals surface area contributed by atoms with Crippen molar-refractivity contribution in [3.63, 3.8) is 0 Å². The SMILES string of the molecule is CC(C)C(O)CSc1ccc(F)cc1.